The zero-order valence-corrected chi connectivity index (χ0v) is 15.7. The normalized spacial score (nSPS) is 10.6. The third-order valence-corrected chi connectivity index (χ3v) is 4.55. The summed E-state index contributed by atoms with van der Waals surface area (Å²) in [6, 6.07) is 17.9. The molecule has 0 spiro atoms. The Balaban J connectivity index is 1.79. The van der Waals surface area contributed by atoms with Gasteiger partial charge in [-0.15, -0.1) is 0 Å². The largest absolute Gasteiger partial charge is 0.497 e. The molecule has 0 radical (unpaired) electrons. The van der Waals surface area contributed by atoms with Crippen molar-refractivity contribution in [1.82, 2.24) is 4.57 Å². The Kier molecular flexibility index (Phi) is 5.12. The van der Waals surface area contributed by atoms with Gasteiger partial charge in [-0.25, -0.2) is 0 Å². The molecule has 0 atom stereocenters. The second-order valence-electron chi connectivity index (χ2n) is 6.46. The first-order valence-corrected chi connectivity index (χ1v) is 8.66. The molecule has 0 aliphatic heterocycles. The molecule has 134 valence electrons. The highest BCUT2D eigenvalue weighted by Gasteiger charge is 2.16. The summed E-state index contributed by atoms with van der Waals surface area (Å²) in [6.07, 6.45) is 0. The number of nitrogens with one attached hydrogen (secondary N) is 1. The number of nitrogens with zero attached hydrogens (tertiary/aromatic N) is 1. The van der Waals surface area contributed by atoms with Crippen molar-refractivity contribution < 1.29 is 9.53 Å². The van der Waals surface area contributed by atoms with Crippen molar-refractivity contribution in [2.75, 3.05) is 19.0 Å². The zero-order valence-electron chi connectivity index (χ0n) is 15.7. The van der Waals surface area contributed by atoms with Crippen molar-refractivity contribution in [2.24, 2.45) is 0 Å². The van der Waals surface area contributed by atoms with Gasteiger partial charge in [0.25, 0.3) is 0 Å². The molecule has 0 aliphatic carbocycles. The van der Waals surface area contributed by atoms with Crippen LogP contribution in [0.3, 0.4) is 0 Å². The molecule has 3 rings (SSSR count). The molecule has 0 saturated heterocycles. The number of carbonyl (C=O) groups is 1. The fourth-order valence-electron chi connectivity index (χ4n) is 3.15. The Morgan fingerprint density at radius 2 is 1.77 bits per heavy atom. The highest BCUT2D eigenvalue weighted by atomic mass is 16.5. The van der Waals surface area contributed by atoms with Crippen LogP contribution in [-0.4, -0.2) is 24.0 Å². The molecule has 26 heavy (non-hydrogen) atoms. The van der Waals surface area contributed by atoms with E-state index in [-0.39, 0.29) is 12.3 Å². The molecule has 4 heteroatoms. The highest BCUT2D eigenvalue weighted by Crippen LogP contribution is 2.22. The number of methoxy groups -OCH3 is 1. The fourth-order valence-corrected chi connectivity index (χ4v) is 3.15. The molecule has 0 aliphatic rings. The van der Waals surface area contributed by atoms with Gasteiger partial charge in [-0.3, -0.25) is 4.79 Å². The van der Waals surface area contributed by atoms with Gasteiger partial charge < -0.3 is 14.6 Å². The molecule has 0 saturated carbocycles. The fraction of sp³-hybridized carbons (Fsp3) is 0.227. The number of anilines is 1. The third kappa shape index (κ3) is 3.64. The Hall–Kier alpha value is -3.01. The number of benzene rings is 2. The number of aromatic nitrogens is 1. The van der Waals surface area contributed by atoms with Crippen LogP contribution in [0.1, 0.15) is 27.3 Å². The Morgan fingerprint density at radius 1 is 1.04 bits per heavy atom. The Bertz CT molecular complexity index is 924. The molecule has 0 unspecified atom stereocenters. The van der Waals surface area contributed by atoms with Gasteiger partial charge in [-0.1, -0.05) is 23.8 Å². The van der Waals surface area contributed by atoms with Crippen LogP contribution >= 0.6 is 0 Å². The van der Waals surface area contributed by atoms with Crippen LogP contribution in [0.5, 0.6) is 5.75 Å². The number of hydrogen-bond acceptors (Lipinski definition) is 3. The molecule has 1 heterocycles. The molecule has 1 N–H and O–H groups in total. The van der Waals surface area contributed by atoms with Crippen molar-refractivity contribution in [3.05, 3.63) is 77.1 Å². The maximum absolute atomic E-state index is 12.7. The van der Waals surface area contributed by atoms with Crippen LogP contribution in [0.4, 0.5) is 5.69 Å². The molecular weight excluding hydrogens is 324 g/mol. The molecular formula is C22H24N2O2. The number of hydrogen-bond donors (Lipinski definition) is 1. The van der Waals surface area contributed by atoms with Gasteiger partial charge in [0.2, 0.25) is 0 Å². The second-order valence-corrected chi connectivity index (χ2v) is 6.46. The van der Waals surface area contributed by atoms with Crippen LogP contribution in [0.2, 0.25) is 0 Å². The monoisotopic (exact) mass is 348 g/mol. The van der Waals surface area contributed by atoms with Crippen molar-refractivity contribution >= 4 is 11.5 Å². The van der Waals surface area contributed by atoms with Gasteiger partial charge in [0.1, 0.15) is 5.75 Å². The molecule has 0 fully saturated rings. The number of rotatable bonds is 6. The lowest BCUT2D eigenvalue weighted by atomic mass is 10.1. The van der Waals surface area contributed by atoms with E-state index >= 15 is 0 Å². The average Bonchev–Trinajstić information content (AvgIpc) is 2.95. The number of ketones is 1. The summed E-state index contributed by atoms with van der Waals surface area (Å²) in [5.41, 5.74) is 5.92. The van der Waals surface area contributed by atoms with Gasteiger partial charge in [0, 0.05) is 34.4 Å². The lowest BCUT2D eigenvalue weighted by Crippen LogP contribution is -2.15. The number of Topliss-reactive ketones (excluding diaryl/α,β-unsaturated/α-hetero) is 1. The van der Waals surface area contributed by atoms with E-state index in [1.54, 1.807) is 7.11 Å². The van der Waals surface area contributed by atoms with Crippen LogP contribution in [0.15, 0.2) is 54.6 Å². The minimum absolute atomic E-state index is 0.0688. The minimum Gasteiger partial charge on any atom is -0.497 e. The predicted octanol–water partition coefficient (Wildman–Crippen LogP) is 4.71. The summed E-state index contributed by atoms with van der Waals surface area (Å²) in [4.78, 5) is 12.7. The first-order chi connectivity index (χ1) is 12.5. The average molecular weight is 348 g/mol. The van der Waals surface area contributed by atoms with Crippen LogP contribution < -0.4 is 10.1 Å². The van der Waals surface area contributed by atoms with E-state index in [0.717, 1.165) is 34.1 Å². The van der Waals surface area contributed by atoms with Gasteiger partial charge >= 0.3 is 0 Å². The van der Waals surface area contributed by atoms with Gasteiger partial charge in [0.15, 0.2) is 5.78 Å². The van der Waals surface area contributed by atoms with E-state index in [4.69, 9.17) is 4.74 Å². The SMILES string of the molecule is COc1cccc(NCC(=O)c2cc(C)n(-c3ccc(C)cc3)c2C)c1. The summed E-state index contributed by atoms with van der Waals surface area (Å²) < 4.78 is 7.34. The van der Waals surface area contributed by atoms with Crippen LogP contribution in [-0.2, 0) is 0 Å². The molecule has 4 nitrogen and oxygen atoms in total. The van der Waals surface area contributed by atoms with E-state index < -0.39 is 0 Å². The molecule has 3 aromatic rings. The van der Waals surface area contributed by atoms with Crippen molar-refractivity contribution in [1.29, 1.82) is 0 Å². The van der Waals surface area contributed by atoms with Crippen molar-refractivity contribution in [3.63, 3.8) is 0 Å². The van der Waals surface area contributed by atoms with Crippen LogP contribution in [0.25, 0.3) is 5.69 Å². The quantitative estimate of drug-likeness (QED) is 0.656. The molecule has 0 bridgehead atoms. The zero-order chi connectivity index (χ0) is 18.7. The van der Waals surface area contributed by atoms with E-state index in [0.29, 0.717) is 0 Å². The topological polar surface area (TPSA) is 43.3 Å². The summed E-state index contributed by atoms with van der Waals surface area (Å²) >= 11 is 0. The van der Waals surface area contributed by atoms with E-state index in [9.17, 15) is 4.79 Å². The maximum Gasteiger partial charge on any atom is 0.183 e. The van der Waals surface area contributed by atoms with Crippen molar-refractivity contribution in [2.45, 2.75) is 20.8 Å². The lowest BCUT2D eigenvalue weighted by Gasteiger charge is -2.11. The van der Waals surface area contributed by atoms with Crippen LogP contribution in [0, 0.1) is 20.8 Å². The summed E-state index contributed by atoms with van der Waals surface area (Å²) in [6.45, 7) is 6.33. The minimum atomic E-state index is 0.0688. The maximum atomic E-state index is 12.7. The van der Waals surface area contributed by atoms with E-state index in [2.05, 4.69) is 41.1 Å². The van der Waals surface area contributed by atoms with Gasteiger partial charge in [-0.05, 0) is 51.1 Å². The van der Waals surface area contributed by atoms with E-state index in [1.807, 2.05) is 44.2 Å². The van der Waals surface area contributed by atoms with Gasteiger partial charge in [0.05, 0.1) is 13.7 Å². The first kappa shape index (κ1) is 17.8. The second kappa shape index (κ2) is 7.48. The van der Waals surface area contributed by atoms with Crippen molar-refractivity contribution in [3.8, 4) is 11.4 Å². The summed E-state index contributed by atoms with van der Waals surface area (Å²) in [7, 11) is 1.63. The van der Waals surface area contributed by atoms with E-state index in [1.165, 1.54) is 5.56 Å². The standard InChI is InChI=1S/C22H24N2O2/c1-15-8-10-19(11-9-15)24-16(2)12-21(17(24)3)22(25)14-23-18-6-5-7-20(13-18)26-4/h5-13,23H,14H2,1-4H3. The number of aryl methyl sites for hydroxylation is 2. The summed E-state index contributed by atoms with van der Waals surface area (Å²) in [5, 5.41) is 3.18. The first-order valence-electron chi connectivity index (χ1n) is 8.66. The predicted molar refractivity (Wildman–Crippen MR) is 106 cm³/mol. The molecule has 2 aromatic carbocycles. The Labute approximate surface area is 154 Å². The molecule has 0 amide bonds. The molecule has 1 aromatic heterocycles. The number of carbonyl (C=O) groups excluding carboxylic acids is 1. The highest BCUT2D eigenvalue weighted by molar-refractivity contribution is 6.00. The number of ether oxygens (including phenoxy) is 1. The smallest absolute Gasteiger partial charge is 0.183 e. The lowest BCUT2D eigenvalue weighted by molar-refractivity contribution is 0.101. The third-order valence-electron chi connectivity index (χ3n) is 4.55. The Morgan fingerprint density at radius 3 is 2.46 bits per heavy atom. The van der Waals surface area contributed by atoms with Gasteiger partial charge in [-0.2, -0.15) is 0 Å². The summed E-state index contributed by atoms with van der Waals surface area (Å²) in [5.74, 6) is 0.833.